The summed E-state index contributed by atoms with van der Waals surface area (Å²) in [6.07, 6.45) is 0. The molecule has 0 saturated heterocycles. The highest BCUT2D eigenvalue weighted by molar-refractivity contribution is 9.10. The van der Waals surface area contributed by atoms with Crippen LogP contribution in [0.2, 0.25) is 0 Å². The second kappa shape index (κ2) is 10.8. The van der Waals surface area contributed by atoms with Gasteiger partial charge in [-0.2, -0.15) is 4.98 Å². The van der Waals surface area contributed by atoms with E-state index < -0.39 is 0 Å². The van der Waals surface area contributed by atoms with E-state index in [1.54, 1.807) is 16.8 Å². The molecular weight excluding hydrogens is 528 g/mol. The molecule has 0 spiro atoms. The third-order valence-electron chi connectivity index (χ3n) is 5.34. The number of hydrogen-bond donors (Lipinski definition) is 1. The Balaban J connectivity index is 1.40. The predicted octanol–water partition coefficient (Wildman–Crippen LogP) is 5.09. The van der Waals surface area contributed by atoms with Crippen molar-refractivity contribution in [2.24, 2.45) is 0 Å². The van der Waals surface area contributed by atoms with Gasteiger partial charge in [-0.3, -0.25) is 4.79 Å². The molecule has 0 unspecified atom stereocenters. The van der Waals surface area contributed by atoms with Gasteiger partial charge in [-0.05, 0) is 67.6 Å². The van der Waals surface area contributed by atoms with Crippen molar-refractivity contribution in [1.82, 2.24) is 14.8 Å². The Labute approximate surface area is 216 Å². The van der Waals surface area contributed by atoms with Crippen molar-refractivity contribution in [2.45, 2.75) is 6.92 Å². The average molecular weight is 551 g/mol. The molecule has 1 N–H and O–H groups in total. The summed E-state index contributed by atoms with van der Waals surface area (Å²) in [5.74, 6) is 1.71. The molecule has 0 atom stereocenters. The molecule has 1 amide bonds. The molecule has 1 aliphatic rings. The summed E-state index contributed by atoms with van der Waals surface area (Å²) < 4.78 is 24.5. The fourth-order valence-corrected chi connectivity index (χ4v) is 4.01. The van der Waals surface area contributed by atoms with Crippen LogP contribution in [-0.4, -0.2) is 47.3 Å². The molecule has 1 aromatic heterocycles. The van der Waals surface area contributed by atoms with Crippen LogP contribution in [0.15, 0.2) is 71.2 Å². The first kappa shape index (κ1) is 23.8. The number of rotatable bonds is 9. The second-order valence-corrected chi connectivity index (χ2v) is 8.67. The Morgan fingerprint density at radius 3 is 2.69 bits per heavy atom. The van der Waals surface area contributed by atoms with E-state index in [4.69, 9.17) is 18.9 Å². The molecule has 9 nitrogen and oxygen atoms in total. The molecule has 1 aliphatic heterocycles. The lowest BCUT2D eigenvalue weighted by atomic mass is 10.2. The summed E-state index contributed by atoms with van der Waals surface area (Å²) in [6.45, 7) is 3.49. The van der Waals surface area contributed by atoms with Gasteiger partial charge >= 0.3 is 6.01 Å². The molecule has 36 heavy (non-hydrogen) atoms. The highest BCUT2D eigenvalue weighted by Gasteiger charge is 2.19. The molecule has 0 saturated carbocycles. The standard InChI is InChI=1S/C26H23BrN4O5/c1-2-33-12-13-34-26-29-24(17-6-11-22-23(15-17)36-16-35-22)31(30-26)21-9-7-20(8-10-21)28-25(32)18-4-3-5-19(27)14-18/h3-11,14-15H,2,12-13,16H2,1H3,(H,28,32). The van der Waals surface area contributed by atoms with Crippen molar-refractivity contribution in [3.05, 3.63) is 76.8 Å². The largest absolute Gasteiger partial charge is 0.460 e. The third kappa shape index (κ3) is 5.34. The van der Waals surface area contributed by atoms with Crippen LogP contribution in [0, 0.1) is 0 Å². The molecule has 184 valence electrons. The number of carbonyl (C=O) groups is 1. The average Bonchev–Trinajstić information content (AvgIpc) is 3.54. The lowest BCUT2D eigenvalue weighted by Crippen LogP contribution is -2.11. The molecule has 3 aromatic carbocycles. The Morgan fingerprint density at radius 2 is 1.89 bits per heavy atom. The number of benzene rings is 3. The van der Waals surface area contributed by atoms with Crippen molar-refractivity contribution in [3.63, 3.8) is 0 Å². The van der Waals surface area contributed by atoms with E-state index in [9.17, 15) is 4.79 Å². The van der Waals surface area contributed by atoms with Crippen molar-refractivity contribution < 1.29 is 23.7 Å². The normalized spacial score (nSPS) is 11.9. The number of amides is 1. The van der Waals surface area contributed by atoms with Gasteiger partial charge in [0.25, 0.3) is 5.91 Å². The second-order valence-electron chi connectivity index (χ2n) is 7.75. The van der Waals surface area contributed by atoms with E-state index >= 15 is 0 Å². The number of aromatic nitrogens is 3. The zero-order valence-corrected chi connectivity index (χ0v) is 21.0. The lowest BCUT2D eigenvalue weighted by Gasteiger charge is -2.09. The number of hydrogen-bond acceptors (Lipinski definition) is 7. The van der Waals surface area contributed by atoms with Crippen molar-refractivity contribution in [2.75, 3.05) is 31.9 Å². The first-order valence-electron chi connectivity index (χ1n) is 11.4. The Bertz CT molecular complexity index is 1370. The maximum atomic E-state index is 12.6. The topological polar surface area (TPSA) is 96.7 Å². The monoisotopic (exact) mass is 550 g/mol. The molecule has 10 heteroatoms. The minimum absolute atomic E-state index is 0.185. The summed E-state index contributed by atoms with van der Waals surface area (Å²) in [6, 6.07) is 20.4. The maximum Gasteiger partial charge on any atom is 0.336 e. The van der Waals surface area contributed by atoms with E-state index in [0.29, 0.717) is 48.4 Å². The highest BCUT2D eigenvalue weighted by Crippen LogP contribution is 2.36. The molecule has 0 fully saturated rings. The Hall–Kier alpha value is -3.89. The van der Waals surface area contributed by atoms with Gasteiger partial charge in [0.2, 0.25) is 6.79 Å². The van der Waals surface area contributed by atoms with Gasteiger partial charge in [-0.15, -0.1) is 5.10 Å². The minimum Gasteiger partial charge on any atom is -0.460 e. The predicted molar refractivity (Wildman–Crippen MR) is 137 cm³/mol. The van der Waals surface area contributed by atoms with E-state index in [1.165, 1.54) is 0 Å². The summed E-state index contributed by atoms with van der Waals surface area (Å²) in [4.78, 5) is 17.2. The third-order valence-corrected chi connectivity index (χ3v) is 5.83. The van der Waals surface area contributed by atoms with Gasteiger partial charge in [0, 0.05) is 27.9 Å². The number of halogens is 1. The summed E-state index contributed by atoms with van der Waals surface area (Å²) in [5, 5.41) is 7.47. The van der Waals surface area contributed by atoms with Crippen molar-refractivity contribution >= 4 is 27.5 Å². The zero-order chi connectivity index (χ0) is 24.9. The van der Waals surface area contributed by atoms with E-state index in [2.05, 4.69) is 31.3 Å². The van der Waals surface area contributed by atoms with Crippen LogP contribution in [0.1, 0.15) is 17.3 Å². The number of nitrogens with zero attached hydrogens (tertiary/aromatic N) is 3. The molecule has 0 aliphatic carbocycles. The number of anilines is 1. The Kier molecular flexibility index (Phi) is 7.15. The SMILES string of the molecule is CCOCCOc1nc(-c2ccc3c(c2)OCO3)n(-c2ccc(NC(=O)c3cccc(Br)c3)cc2)n1. The summed E-state index contributed by atoms with van der Waals surface area (Å²) in [5.41, 5.74) is 2.75. The molecule has 4 aromatic rings. The van der Waals surface area contributed by atoms with Crippen molar-refractivity contribution in [3.8, 4) is 34.6 Å². The first-order valence-corrected chi connectivity index (χ1v) is 12.1. The molecular formula is C26H23BrN4O5. The Morgan fingerprint density at radius 1 is 1.06 bits per heavy atom. The minimum atomic E-state index is -0.198. The van der Waals surface area contributed by atoms with E-state index in [1.807, 2.05) is 61.5 Å². The van der Waals surface area contributed by atoms with Gasteiger partial charge in [0.15, 0.2) is 17.3 Å². The lowest BCUT2D eigenvalue weighted by molar-refractivity contribution is 0.102. The highest BCUT2D eigenvalue weighted by atomic mass is 79.9. The summed E-state index contributed by atoms with van der Waals surface area (Å²) >= 11 is 3.39. The van der Waals surface area contributed by atoms with Crippen LogP contribution in [0.4, 0.5) is 5.69 Å². The number of fused-ring (bicyclic) bond motifs is 1. The first-order chi connectivity index (χ1) is 17.6. The number of ether oxygens (including phenoxy) is 4. The fraction of sp³-hybridized carbons (Fsp3) is 0.192. The van der Waals surface area contributed by atoms with E-state index in [-0.39, 0.29) is 18.7 Å². The molecule has 0 bridgehead atoms. The smallest absolute Gasteiger partial charge is 0.336 e. The van der Waals surface area contributed by atoms with Crippen LogP contribution in [0.3, 0.4) is 0 Å². The zero-order valence-electron chi connectivity index (χ0n) is 19.4. The van der Waals surface area contributed by atoms with Crippen LogP contribution in [0.25, 0.3) is 17.1 Å². The molecule has 0 radical (unpaired) electrons. The van der Waals surface area contributed by atoms with Crippen LogP contribution in [-0.2, 0) is 4.74 Å². The van der Waals surface area contributed by atoms with Crippen LogP contribution < -0.4 is 19.5 Å². The van der Waals surface area contributed by atoms with Gasteiger partial charge in [0.1, 0.15) is 6.61 Å². The van der Waals surface area contributed by atoms with Crippen molar-refractivity contribution in [1.29, 1.82) is 0 Å². The quantitative estimate of drug-likeness (QED) is 0.290. The maximum absolute atomic E-state index is 12.6. The van der Waals surface area contributed by atoms with Crippen LogP contribution in [0.5, 0.6) is 17.5 Å². The summed E-state index contributed by atoms with van der Waals surface area (Å²) in [7, 11) is 0. The number of nitrogens with one attached hydrogen (secondary N) is 1. The number of carbonyl (C=O) groups excluding carboxylic acids is 1. The van der Waals surface area contributed by atoms with Gasteiger partial charge in [-0.1, -0.05) is 22.0 Å². The molecule has 5 rings (SSSR count). The van der Waals surface area contributed by atoms with Gasteiger partial charge in [0.05, 0.1) is 12.3 Å². The van der Waals surface area contributed by atoms with Crippen LogP contribution >= 0.6 is 15.9 Å². The van der Waals surface area contributed by atoms with E-state index in [0.717, 1.165) is 15.7 Å². The van der Waals surface area contributed by atoms with Gasteiger partial charge in [-0.25, -0.2) is 4.68 Å². The fourth-order valence-electron chi connectivity index (χ4n) is 3.61. The van der Waals surface area contributed by atoms with Gasteiger partial charge < -0.3 is 24.3 Å². The molecule has 2 heterocycles.